The van der Waals surface area contributed by atoms with Crippen LogP contribution in [0.2, 0.25) is 0 Å². The quantitative estimate of drug-likeness (QED) is 0.829. The summed E-state index contributed by atoms with van der Waals surface area (Å²) in [4.78, 5) is 18.3. The summed E-state index contributed by atoms with van der Waals surface area (Å²) in [5, 5.41) is 3.03. The maximum Gasteiger partial charge on any atom is 0.417 e. The van der Waals surface area contributed by atoms with Crippen LogP contribution in [-0.4, -0.2) is 30.5 Å². The number of hydrogen-bond donors (Lipinski definition) is 1. The molecule has 0 spiro atoms. The van der Waals surface area contributed by atoms with Gasteiger partial charge >= 0.3 is 6.18 Å². The highest BCUT2D eigenvalue weighted by Crippen LogP contribution is 2.30. The molecule has 4 nitrogen and oxygen atoms in total. The lowest BCUT2D eigenvalue weighted by molar-refractivity contribution is -0.137. The summed E-state index contributed by atoms with van der Waals surface area (Å²) in [5.74, 6) is 0.725. The molecule has 1 aliphatic rings. The van der Waals surface area contributed by atoms with E-state index in [0.717, 1.165) is 12.3 Å². The first-order chi connectivity index (χ1) is 13.3. The van der Waals surface area contributed by atoms with E-state index in [1.165, 1.54) is 11.6 Å². The van der Waals surface area contributed by atoms with Gasteiger partial charge in [0.15, 0.2) is 0 Å². The third kappa shape index (κ3) is 5.03. The molecule has 0 saturated carbocycles. The number of alkyl halides is 3. The van der Waals surface area contributed by atoms with Crippen molar-refractivity contribution in [3.05, 3.63) is 59.8 Å². The van der Waals surface area contributed by atoms with Crippen molar-refractivity contribution in [2.24, 2.45) is 5.92 Å². The van der Waals surface area contributed by atoms with Gasteiger partial charge in [0.25, 0.3) is 0 Å². The molecule has 0 radical (unpaired) electrons. The molecule has 0 bridgehead atoms. The van der Waals surface area contributed by atoms with Gasteiger partial charge in [0.2, 0.25) is 5.91 Å². The molecule has 2 heterocycles. The molecule has 1 aromatic carbocycles. The first-order valence-corrected chi connectivity index (χ1v) is 9.45. The van der Waals surface area contributed by atoms with E-state index in [2.05, 4.69) is 17.2 Å². The van der Waals surface area contributed by atoms with Crippen LogP contribution in [-0.2, 0) is 11.0 Å². The molecule has 3 rings (SSSR count). The Morgan fingerprint density at radius 2 is 1.86 bits per heavy atom. The highest BCUT2D eigenvalue weighted by molar-refractivity contribution is 5.79. The fourth-order valence-corrected chi connectivity index (χ4v) is 3.41. The summed E-state index contributed by atoms with van der Waals surface area (Å²) < 4.78 is 37.9. The van der Waals surface area contributed by atoms with Gasteiger partial charge in [-0.15, -0.1) is 0 Å². The average molecular weight is 391 g/mol. The van der Waals surface area contributed by atoms with Crippen LogP contribution in [0.25, 0.3) is 0 Å². The fourth-order valence-electron chi connectivity index (χ4n) is 3.41. The smallest absolute Gasteiger partial charge is 0.357 e. The van der Waals surface area contributed by atoms with Gasteiger partial charge in [0.1, 0.15) is 5.82 Å². The SMILES string of the molecule is C[C@@H](CNC(=O)C1CCN(c2ccc(C(F)(F)F)cn2)CC1)c1ccccc1. The van der Waals surface area contributed by atoms with Crippen LogP contribution in [0.1, 0.15) is 36.8 Å². The van der Waals surface area contributed by atoms with E-state index in [0.29, 0.717) is 38.3 Å². The molecule has 0 unspecified atom stereocenters. The highest BCUT2D eigenvalue weighted by atomic mass is 19.4. The molecule has 1 amide bonds. The topological polar surface area (TPSA) is 45.2 Å². The van der Waals surface area contributed by atoms with Gasteiger partial charge in [-0.25, -0.2) is 4.98 Å². The molecule has 0 aliphatic carbocycles. The molecule has 28 heavy (non-hydrogen) atoms. The Morgan fingerprint density at radius 3 is 2.43 bits per heavy atom. The molecule has 7 heteroatoms. The van der Waals surface area contributed by atoms with Gasteiger partial charge in [-0.05, 0) is 36.5 Å². The standard InChI is InChI=1S/C21H24F3N3O/c1-15(16-5-3-2-4-6-16)13-26-20(28)17-9-11-27(12-10-17)19-8-7-18(14-25-19)21(22,23)24/h2-8,14-15,17H,9-13H2,1H3,(H,26,28)/t15-/m0/s1. The minimum Gasteiger partial charge on any atom is -0.357 e. The van der Waals surface area contributed by atoms with E-state index in [1.807, 2.05) is 35.2 Å². The summed E-state index contributed by atoms with van der Waals surface area (Å²) in [6.45, 7) is 3.87. The average Bonchev–Trinajstić information content (AvgIpc) is 2.72. The van der Waals surface area contributed by atoms with E-state index in [-0.39, 0.29) is 17.7 Å². The van der Waals surface area contributed by atoms with Gasteiger partial charge in [-0.3, -0.25) is 4.79 Å². The maximum atomic E-state index is 12.6. The van der Waals surface area contributed by atoms with E-state index in [1.54, 1.807) is 0 Å². The van der Waals surface area contributed by atoms with Crippen LogP contribution < -0.4 is 10.2 Å². The number of nitrogens with one attached hydrogen (secondary N) is 1. The normalized spacial score (nSPS) is 16.6. The second kappa shape index (κ2) is 8.63. The number of amides is 1. The highest BCUT2D eigenvalue weighted by Gasteiger charge is 2.31. The number of pyridine rings is 1. The fraction of sp³-hybridized carbons (Fsp3) is 0.429. The van der Waals surface area contributed by atoms with Crippen molar-refractivity contribution in [1.29, 1.82) is 0 Å². The predicted octanol–water partition coefficient (Wildman–Crippen LogP) is 4.24. The van der Waals surface area contributed by atoms with Crippen molar-refractivity contribution in [1.82, 2.24) is 10.3 Å². The zero-order valence-electron chi connectivity index (χ0n) is 15.7. The number of hydrogen-bond acceptors (Lipinski definition) is 3. The largest absolute Gasteiger partial charge is 0.417 e. The van der Waals surface area contributed by atoms with Crippen molar-refractivity contribution in [2.45, 2.75) is 31.9 Å². The number of aromatic nitrogens is 1. The first kappa shape index (κ1) is 20.2. The number of anilines is 1. The Labute approximate surface area is 162 Å². The number of carbonyl (C=O) groups is 1. The second-order valence-corrected chi connectivity index (χ2v) is 7.22. The number of piperidine rings is 1. The minimum atomic E-state index is -4.38. The van der Waals surface area contributed by atoms with Crippen LogP contribution in [0.4, 0.5) is 19.0 Å². The third-order valence-electron chi connectivity index (χ3n) is 5.22. The van der Waals surface area contributed by atoms with E-state index >= 15 is 0 Å². The van der Waals surface area contributed by atoms with Crippen LogP contribution in [0.5, 0.6) is 0 Å². The van der Waals surface area contributed by atoms with Crippen molar-refractivity contribution in [2.75, 3.05) is 24.5 Å². The lowest BCUT2D eigenvalue weighted by atomic mass is 9.95. The Kier molecular flexibility index (Phi) is 6.21. The molecule has 1 atom stereocenters. The van der Waals surface area contributed by atoms with Gasteiger partial charge < -0.3 is 10.2 Å². The monoisotopic (exact) mass is 391 g/mol. The van der Waals surface area contributed by atoms with Gasteiger partial charge in [0, 0.05) is 31.7 Å². The van der Waals surface area contributed by atoms with E-state index in [4.69, 9.17) is 0 Å². The van der Waals surface area contributed by atoms with Crippen LogP contribution in [0.3, 0.4) is 0 Å². The zero-order chi connectivity index (χ0) is 20.1. The molecule has 1 aliphatic heterocycles. The lowest BCUT2D eigenvalue weighted by Crippen LogP contribution is -2.41. The Bertz CT molecular complexity index is 770. The Morgan fingerprint density at radius 1 is 1.18 bits per heavy atom. The molecule has 2 aromatic rings. The summed E-state index contributed by atoms with van der Waals surface area (Å²) in [6.07, 6.45) is -2.20. The van der Waals surface area contributed by atoms with Crippen LogP contribution >= 0.6 is 0 Å². The lowest BCUT2D eigenvalue weighted by Gasteiger charge is -2.32. The van der Waals surface area contributed by atoms with Gasteiger partial charge in [-0.1, -0.05) is 37.3 Å². The van der Waals surface area contributed by atoms with Crippen molar-refractivity contribution in [3.8, 4) is 0 Å². The minimum absolute atomic E-state index is 0.0443. The predicted molar refractivity (Wildman–Crippen MR) is 102 cm³/mol. The molecule has 1 N–H and O–H groups in total. The van der Waals surface area contributed by atoms with Crippen molar-refractivity contribution < 1.29 is 18.0 Å². The molecule has 1 aromatic heterocycles. The summed E-state index contributed by atoms with van der Waals surface area (Å²) in [7, 11) is 0. The van der Waals surface area contributed by atoms with Crippen LogP contribution in [0.15, 0.2) is 48.7 Å². The van der Waals surface area contributed by atoms with Crippen molar-refractivity contribution >= 4 is 11.7 Å². The van der Waals surface area contributed by atoms with Crippen LogP contribution in [0, 0.1) is 5.92 Å². The Hall–Kier alpha value is -2.57. The molecular formula is C21H24F3N3O. The molecular weight excluding hydrogens is 367 g/mol. The summed E-state index contributed by atoms with van der Waals surface area (Å²) in [5.41, 5.74) is 0.434. The molecule has 1 fully saturated rings. The molecule has 150 valence electrons. The second-order valence-electron chi connectivity index (χ2n) is 7.22. The first-order valence-electron chi connectivity index (χ1n) is 9.45. The maximum absolute atomic E-state index is 12.6. The number of rotatable bonds is 5. The van der Waals surface area contributed by atoms with E-state index < -0.39 is 11.7 Å². The van der Waals surface area contributed by atoms with Crippen molar-refractivity contribution in [3.63, 3.8) is 0 Å². The number of carbonyl (C=O) groups excluding carboxylic acids is 1. The molecule has 1 saturated heterocycles. The zero-order valence-corrected chi connectivity index (χ0v) is 15.7. The number of benzene rings is 1. The Balaban J connectivity index is 1.47. The number of halogens is 3. The number of nitrogens with zero attached hydrogens (tertiary/aromatic N) is 2. The van der Waals surface area contributed by atoms with Gasteiger partial charge in [-0.2, -0.15) is 13.2 Å². The van der Waals surface area contributed by atoms with Gasteiger partial charge in [0.05, 0.1) is 5.56 Å². The van der Waals surface area contributed by atoms with E-state index in [9.17, 15) is 18.0 Å². The third-order valence-corrected chi connectivity index (χ3v) is 5.22. The summed E-state index contributed by atoms with van der Waals surface area (Å²) >= 11 is 0. The summed E-state index contributed by atoms with van der Waals surface area (Å²) in [6, 6.07) is 12.5.